The molecular formula is C19H24N2O. The zero-order valence-electron chi connectivity index (χ0n) is 12.9. The summed E-state index contributed by atoms with van der Waals surface area (Å²) in [6, 6.07) is 18.5. The lowest BCUT2D eigenvalue weighted by Gasteiger charge is -2.32. The molecule has 3 nitrogen and oxygen atoms in total. The van der Waals surface area contributed by atoms with E-state index in [0.29, 0.717) is 13.0 Å². The van der Waals surface area contributed by atoms with Crippen LogP contribution in [-0.2, 0) is 19.4 Å². The molecule has 1 aliphatic rings. The fourth-order valence-electron chi connectivity index (χ4n) is 3.13. The minimum atomic E-state index is -0.495. The number of rotatable bonds is 5. The van der Waals surface area contributed by atoms with Crippen molar-refractivity contribution in [1.82, 2.24) is 4.90 Å². The number of nitrogens with two attached hydrogens (primary N) is 1. The Labute approximate surface area is 132 Å². The number of hydrogen-bond acceptors (Lipinski definition) is 3. The van der Waals surface area contributed by atoms with Crippen molar-refractivity contribution in [1.29, 1.82) is 0 Å². The van der Waals surface area contributed by atoms with Crippen LogP contribution < -0.4 is 5.73 Å². The van der Waals surface area contributed by atoms with E-state index in [1.165, 1.54) is 16.7 Å². The third kappa shape index (κ3) is 3.74. The summed E-state index contributed by atoms with van der Waals surface area (Å²) in [5.74, 6) is 0. The summed E-state index contributed by atoms with van der Waals surface area (Å²) < 4.78 is 0. The van der Waals surface area contributed by atoms with Gasteiger partial charge in [0.1, 0.15) is 0 Å². The molecule has 0 spiro atoms. The molecule has 0 fully saturated rings. The molecule has 0 unspecified atom stereocenters. The van der Waals surface area contributed by atoms with Crippen molar-refractivity contribution >= 4 is 0 Å². The van der Waals surface area contributed by atoms with Crippen molar-refractivity contribution in [2.75, 3.05) is 13.1 Å². The molecule has 3 heteroatoms. The van der Waals surface area contributed by atoms with E-state index in [2.05, 4.69) is 41.3 Å². The third-order valence-electron chi connectivity index (χ3n) is 4.46. The molecule has 3 N–H and O–H groups in total. The van der Waals surface area contributed by atoms with Crippen molar-refractivity contribution in [3.8, 4) is 0 Å². The number of aliphatic hydroxyl groups excluding tert-OH is 1. The average molecular weight is 296 g/mol. The maximum atomic E-state index is 10.4. The Balaban J connectivity index is 1.55. The summed E-state index contributed by atoms with van der Waals surface area (Å²) in [4.78, 5) is 2.30. The molecule has 0 aliphatic carbocycles. The largest absolute Gasteiger partial charge is 0.390 e. The Kier molecular flexibility index (Phi) is 4.88. The Morgan fingerprint density at radius 3 is 2.45 bits per heavy atom. The average Bonchev–Trinajstić information content (AvgIpc) is 2.55. The molecule has 0 radical (unpaired) electrons. The van der Waals surface area contributed by atoms with Gasteiger partial charge in [0.15, 0.2) is 0 Å². The van der Waals surface area contributed by atoms with Crippen LogP contribution in [0.15, 0.2) is 54.6 Å². The van der Waals surface area contributed by atoms with Gasteiger partial charge >= 0.3 is 0 Å². The highest BCUT2D eigenvalue weighted by atomic mass is 16.3. The van der Waals surface area contributed by atoms with Crippen LogP contribution in [-0.4, -0.2) is 35.2 Å². The molecule has 0 aromatic heterocycles. The van der Waals surface area contributed by atoms with Crippen molar-refractivity contribution in [3.63, 3.8) is 0 Å². The van der Waals surface area contributed by atoms with Gasteiger partial charge in [-0.15, -0.1) is 0 Å². The number of benzene rings is 2. The maximum absolute atomic E-state index is 10.4. The van der Waals surface area contributed by atoms with Gasteiger partial charge in [-0.2, -0.15) is 0 Å². The van der Waals surface area contributed by atoms with Gasteiger partial charge in [0, 0.05) is 25.7 Å². The Morgan fingerprint density at radius 1 is 1.00 bits per heavy atom. The van der Waals surface area contributed by atoms with Crippen LogP contribution in [0.1, 0.15) is 16.7 Å². The molecule has 0 saturated heterocycles. The third-order valence-corrected chi connectivity index (χ3v) is 4.46. The predicted octanol–water partition coefficient (Wildman–Crippen LogP) is 1.98. The minimum Gasteiger partial charge on any atom is -0.390 e. The number of β-amino-alcohol motifs (C(OH)–C–C–N with tert-alkyl or cyclic N) is 1. The number of nitrogens with zero attached hydrogens (tertiary/aromatic N) is 1. The lowest BCUT2D eigenvalue weighted by Crippen LogP contribution is -2.45. The molecule has 0 saturated carbocycles. The minimum absolute atomic E-state index is 0.223. The van der Waals surface area contributed by atoms with Gasteiger partial charge in [0.05, 0.1) is 6.10 Å². The van der Waals surface area contributed by atoms with Gasteiger partial charge in [0.2, 0.25) is 0 Å². The SMILES string of the molecule is N[C@H](Cc1ccccc1)[C@@H](O)CN1CCc2ccccc2C1. The van der Waals surface area contributed by atoms with Crippen LogP contribution in [0, 0.1) is 0 Å². The van der Waals surface area contributed by atoms with E-state index in [0.717, 1.165) is 19.5 Å². The smallest absolute Gasteiger partial charge is 0.0821 e. The fourth-order valence-corrected chi connectivity index (χ4v) is 3.13. The molecule has 0 bridgehead atoms. The van der Waals surface area contributed by atoms with Gasteiger partial charge < -0.3 is 10.8 Å². The Hall–Kier alpha value is -1.68. The van der Waals surface area contributed by atoms with Crippen LogP contribution in [0.5, 0.6) is 0 Å². The van der Waals surface area contributed by atoms with Crippen LogP contribution in [0.2, 0.25) is 0 Å². The second-order valence-electron chi connectivity index (χ2n) is 6.17. The zero-order chi connectivity index (χ0) is 15.4. The highest BCUT2D eigenvalue weighted by Crippen LogP contribution is 2.19. The van der Waals surface area contributed by atoms with E-state index in [1.807, 2.05) is 18.2 Å². The summed E-state index contributed by atoms with van der Waals surface area (Å²) in [5, 5.41) is 10.4. The van der Waals surface area contributed by atoms with Gasteiger partial charge in [-0.05, 0) is 29.5 Å². The van der Waals surface area contributed by atoms with Crippen molar-refractivity contribution in [2.45, 2.75) is 31.5 Å². The quantitative estimate of drug-likeness (QED) is 0.887. The summed E-state index contributed by atoms with van der Waals surface area (Å²) in [7, 11) is 0. The van der Waals surface area contributed by atoms with Crippen molar-refractivity contribution in [2.24, 2.45) is 5.73 Å². The number of aliphatic hydroxyl groups is 1. The Bertz CT molecular complexity index is 599. The number of hydrogen-bond donors (Lipinski definition) is 2. The first-order valence-corrected chi connectivity index (χ1v) is 7.99. The van der Waals surface area contributed by atoms with E-state index in [-0.39, 0.29) is 6.04 Å². The van der Waals surface area contributed by atoms with Crippen molar-refractivity contribution in [3.05, 3.63) is 71.3 Å². The second kappa shape index (κ2) is 7.05. The summed E-state index contributed by atoms with van der Waals surface area (Å²) in [6.07, 6.45) is 1.27. The van der Waals surface area contributed by atoms with Gasteiger partial charge in [0.25, 0.3) is 0 Å². The number of fused-ring (bicyclic) bond motifs is 1. The molecule has 2 aromatic carbocycles. The van der Waals surface area contributed by atoms with E-state index in [1.54, 1.807) is 0 Å². The second-order valence-corrected chi connectivity index (χ2v) is 6.17. The summed E-state index contributed by atoms with van der Waals surface area (Å²) in [6.45, 7) is 2.54. The fraction of sp³-hybridized carbons (Fsp3) is 0.368. The lowest BCUT2D eigenvalue weighted by molar-refractivity contribution is 0.0850. The van der Waals surface area contributed by atoms with E-state index in [9.17, 15) is 5.11 Å². The lowest BCUT2D eigenvalue weighted by atomic mass is 9.98. The first kappa shape index (κ1) is 15.2. The van der Waals surface area contributed by atoms with E-state index in [4.69, 9.17) is 5.73 Å². The standard InChI is InChI=1S/C19H24N2O/c20-18(12-15-6-2-1-3-7-15)19(22)14-21-11-10-16-8-4-5-9-17(16)13-21/h1-9,18-19,22H,10-14,20H2/t18-,19+/m1/s1. The Morgan fingerprint density at radius 2 is 1.68 bits per heavy atom. The van der Waals surface area contributed by atoms with Crippen LogP contribution in [0.4, 0.5) is 0 Å². The van der Waals surface area contributed by atoms with Gasteiger partial charge in [-0.25, -0.2) is 0 Å². The molecule has 2 atom stereocenters. The monoisotopic (exact) mass is 296 g/mol. The molecular weight excluding hydrogens is 272 g/mol. The van der Waals surface area contributed by atoms with Crippen LogP contribution in [0.3, 0.4) is 0 Å². The van der Waals surface area contributed by atoms with Gasteiger partial charge in [-0.3, -0.25) is 4.90 Å². The van der Waals surface area contributed by atoms with E-state index >= 15 is 0 Å². The molecule has 1 heterocycles. The first-order valence-electron chi connectivity index (χ1n) is 7.99. The highest BCUT2D eigenvalue weighted by Gasteiger charge is 2.22. The molecule has 3 rings (SSSR count). The molecule has 22 heavy (non-hydrogen) atoms. The van der Waals surface area contributed by atoms with Crippen molar-refractivity contribution < 1.29 is 5.11 Å². The molecule has 116 valence electrons. The van der Waals surface area contributed by atoms with Crippen LogP contribution >= 0.6 is 0 Å². The zero-order valence-corrected chi connectivity index (χ0v) is 12.9. The maximum Gasteiger partial charge on any atom is 0.0821 e. The van der Waals surface area contributed by atoms with E-state index < -0.39 is 6.10 Å². The first-order chi connectivity index (χ1) is 10.7. The van der Waals surface area contributed by atoms with Crippen LogP contribution in [0.25, 0.3) is 0 Å². The summed E-state index contributed by atoms with van der Waals surface area (Å²) >= 11 is 0. The topological polar surface area (TPSA) is 49.5 Å². The molecule has 0 amide bonds. The predicted molar refractivity (Wildman–Crippen MR) is 89.6 cm³/mol. The molecule has 1 aliphatic heterocycles. The molecule has 2 aromatic rings. The normalized spacial score (nSPS) is 17.7. The van der Waals surface area contributed by atoms with Gasteiger partial charge in [-0.1, -0.05) is 54.6 Å². The summed E-state index contributed by atoms with van der Waals surface area (Å²) in [5.41, 5.74) is 10.2. The highest BCUT2D eigenvalue weighted by molar-refractivity contribution is 5.29.